The molecule has 0 radical (unpaired) electrons. The molecule has 0 bridgehead atoms. The van der Waals surface area contributed by atoms with Crippen LogP contribution < -0.4 is 5.32 Å². The van der Waals surface area contributed by atoms with Gasteiger partial charge in [0.05, 0.1) is 13.2 Å². The number of amides is 1. The molecule has 1 aromatic carbocycles. The van der Waals surface area contributed by atoms with Crippen molar-refractivity contribution in [2.75, 3.05) is 45.9 Å². The molecular weight excluding hydrogens is 385 g/mol. The Morgan fingerprint density at radius 1 is 1.20 bits per heavy atom. The van der Waals surface area contributed by atoms with Crippen LogP contribution in [0.2, 0.25) is 5.02 Å². The molecule has 5 nitrogen and oxygen atoms in total. The highest BCUT2D eigenvalue weighted by Crippen LogP contribution is 2.23. The van der Waals surface area contributed by atoms with Crippen molar-refractivity contribution in [3.63, 3.8) is 0 Å². The smallest absolute Gasteiger partial charge is 0.242 e. The molecule has 2 fully saturated rings. The molecule has 25 heavy (non-hydrogen) atoms. The minimum Gasteiger partial charge on any atom is -0.378 e. The van der Waals surface area contributed by atoms with E-state index in [1.54, 1.807) is 0 Å². The molecule has 142 valence electrons. The predicted octanol–water partition coefficient (Wildman–Crippen LogP) is 2.38. The summed E-state index contributed by atoms with van der Waals surface area (Å²) in [5.41, 5.74) is 1.26. The monoisotopic (exact) mass is 409 g/mol. The van der Waals surface area contributed by atoms with E-state index in [1.165, 1.54) is 5.56 Å². The maximum atomic E-state index is 12.5. The number of hydrogen-bond donors (Lipinski definition) is 1. The van der Waals surface area contributed by atoms with Crippen molar-refractivity contribution in [2.24, 2.45) is 0 Å². The molecular formula is C17H26Cl3N3O2. The lowest BCUT2D eigenvalue weighted by Gasteiger charge is -2.39. The van der Waals surface area contributed by atoms with Gasteiger partial charge >= 0.3 is 0 Å². The van der Waals surface area contributed by atoms with Crippen molar-refractivity contribution in [1.82, 2.24) is 15.1 Å². The van der Waals surface area contributed by atoms with Gasteiger partial charge in [-0.25, -0.2) is 0 Å². The van der Waals surface area contributed by atoms with Gasteiger partial charge in [-0.2, -0.15) is 0 Å². The van der Waals surface area contributed by atoms with Gasteiger partial charge in [0.1, 0.15) is 6.04 Å². The zero-order valence-corrected chi connectivity index (χ0v) is 16.7. The molecule has 0 aliphatic carbocycles. The van der Waals surface area contributed by atoms with E-state index in [1.807, 2.05) is 17.0 Å². The van der Waals surface area contributed by atoms with Gasteiger partial charge < -0.3 is 15.0 Å². The molecule has 1 aromatic rings. The maximum absolute atomic E-state index is 12.5. The number of nitrogens with zero attached hydrogens (tertiary/aromatic N) is 2. The van der Waals surface area contributed by atoms with Crippen LogP contribution in [-0.2, 0) is 9.53 Å². The minimum absolute atomic E-state index is 0. The zero-order chi connectivity index (χ0) is 16.2. The first-order chi connectivity index (χ1) is 11.1. The Balaban J connectivity index is 0.00000156. The number of halogens is 3. The van der Waals surface area contributed by atoms with Gasteiger partial charge in [0.25, 0.3) is 0 Å². The first-order valence-corrected chi connectivity index (χ1v) is 8.62. The number of morpholine rings is 1. The molecule has 0 spiro atoms. The van der Waals surface area contributed by atoms with Crippen LogP contribution >= 0.6 is 36.4 Å². The van der Waals surface area contributed by atoms with Crippen LogP contribution in [0.1, 0.15) is 18.5 Å². The Kier molecular flexibility index (Phi) is 9.49. The fraction of sp³-hybridized carbons (Fsp3) is 0.588. The van der Waals surface area contributed by atoms with Gasteiger partial charge in [0.2, 0.25) is 5.91 Å². The van der Waals surface area contributed by atoms with Crippen LogP contribution in [0.15, 0.2) is 24.3 Å². The second-order valence-electron chi connectivity index (χ2n) is 6.17. The van der Waals surface area contributed by atoms with E-state index >= 15 is 0 Å². The van der Waals surface area contributed by atoms with Crippen LogP contribution in [0.5, 0.6) is 0 Å². The van der Waals surface area contributed by atoms with E-state index in [2.05, 4.69) is 29.3 Å². The molecule has 3 rings (SSSR count). The van der Waals surface area contributed by atoms with Crippen LogP contribution in [0, 0.1) is 0 Å². The number of nitrogens with one attached hydrogen (secondary N) is 1. The Bertz CT molecular complexity index is 530. The highest BCUT2D eigenvalue weighted by atomic mass is 35.5. The SMILES string of the molecule is CC(c1ccc(Cl)cc1)N1CCN(C(=O)C2COCCN2)CC1.Cl.Cl. The summed E-state index contributed by atoms with van der Waals surface area (Å²) < 4.78 is 5.39. The number of rotatable bonds is 3. The lowest BCUT2D eigenvalue weighted by molar-refractivity contribution is -0.138. The summed E-state index contributed by atoms with van der Waals surface area (Å²) in [5.74, 6) is 0.170. The largest absolute Gasteiger partial charge is 0.378 e. The highest BCUT2D eigenvalue weighted by Gasteiger charge is 2.30. The lowest BCUT2D eigenvalue weighted by Crippen LogP contribution is -2.57. The number of piperazine rings is 1. The summed E-state index contributed by atoms with van der Waals surface area (Å²) >= 11 is 5.96. The molecule has 2 atom stereocenters. The van der Waals surface area contributed by atoms with Crippen molar-refractivity contribution in [3.8, 4) is 0 Å². The van der Waals surface area contributed by atoms with Crippen LogP contribution in [-0.4, -0.2) is 67.7 Å². The summed E-state index contributed by atoms with van der Waals surface area (Å²) in [6, 6.07) is 8.18. The Morgan fingerprint density at radius 3 is 2.40 bits per heavy atom. The number of hydrogen-bond acceptors (Lipinski definition) is 4. The summed E-state index contributed by atoms with van der Waals surface area (Å²) in [5, 5.41) is 4.00. The number of ether oxygens (including phenoxy) is 1. The third-order valence-corrected chi connectivity index (χ3v) is 5.00. The van der Waals surface area contributed by atoms with Crippen LogP contribution in [0.3, 0.4) is 0 Å². The summed E-state index contributed by atoms with van der Waals surface area (Å²) in [6.45, 7) is 7.47. The van der Waals surface area contributed by atoms with Gasteiger partial charge in [0.15, 0.2) is 0 Å². The van der Waals surface area contributed by atoms with Crippen molar-refractivity contribution in [2.45, 2.75) is 19.0 Å². The third kappa shape index (κ3) is 5.71. The van der Waals surface area contributed by atoms with E-state index in [4.69, 9.17) is 16.3 Å². The molecule has 0 saturated carbocycles. The lowest BCUT2D eigenvalue weighted by atomic mass is 10.1. The summed E-state index contributed by atoms with van der Waals surface area (Å²) in [4.78, 5) is 16.9. The van der Waals surface area contributed by atoms with E-state index in [0.717, 1.165) is 37.7 Å². The number of carbonyl (C=O) groups excluding carboxylic acids is 1. The molecule has 1 N–H and O–H groups in total. The molecule has 2 aliphatic rings. The standard InChI is InChI=1S/C17H24ClN3O2.2ClH/c1-13(14-2-4-15(18)5-3-14)20-7-9-21(10-8-20)17(22)16-12-23-11-6-19-16;;/h2-5,13,16,19H,6-12H2,1H3;2*1H. The third-order valence-electron chi connectivity index (χ3n) is 4.75. The second kappa shape index (κ2) is 10.6. The topological polar surface area (TPSA) is 44.8 Å². The van der Waals surface area contributed by atoms with Crippen LogP contribution in [0.25, 0.3) is 0 Å². The average Bonchev–Trinajstić information content (AvgIpc) is 2.62. The van der Waals surface area contributed by atoms with Crippen molar-refractivity contribution in [1.29, 1.82) is 0 Å². The molecule has 1 amide bonds. The van der Waals surface area contributed by atoms with E-state index in [-0.39, 0.29) is 36.8 Å². The quantitative estimate of drug-likeness (QED) is 0.831. The van der Waals surface area contributed by atoms with Gasteiger partial charge in [-0.1, -0.05) is 23.7 Å². The molecule has 2 aliphatic heterocycles. The van der Waals surface area contributed by atoms with Crippen molar-refractivity contribution >= 4 is 42.3 Å². The minimum atomic E-state index is -0.177. The average molecular weight is 411 g/mol. The van der Waals surface area contributed by atoms with Crippen LogP contribution in [0.4, 0.5) is 0 Å². The van der Waals surface area contributed by atoms with Gasteiger partial charge in [-0.05, 0) is 24.6 Å². The highest BCUT2D eigenvalue weighted by molar-refractivity contribution is 6.30. The molecule has 2 heterocycles. The second-order valence-corrected chi connectivity index (χ2v) is 6.61. The van der Waals surface area contributed by atoms with E-state index in [0.29, 0.717) is 19.3 Å². The maximum Gasteiger partial charge on any atom is 0.242 e. The Labute approximate surface area is 166 Å². The Hall–Kier alpha value is -0.560. The normalized spacial score (nSPS) is 22.5. The van der Waals surface area contributed by atoms with Gasteiger partial charge in [0, 0.05) is 43.8 Å². The number of carbonyl (C=O) groups is 1. The van der Waals surface area contributed by atoms with Gasteiger partial charge in [-0.15, -0.1) is 24.8 Å². The first kappa shape index (κ1) is 22.5. The molecule has 2 unspecified atom stereocenters. The van der Waals surface area contributed by atoms with Gasteiger partial charge in [-0.3, -0.25) is 9.69 Å². The van der Waals surface area contributed by atoms with E-state index < -0.39 is 0 Å². The first-order valence-electron chi connectivity index (χ1n) is 8.24. The predicted molar refractivity (Wildman–Crippen MR) is 105 cm³/mol. The fourth-order valence-corrected chi connectivity index (χ4v) is 3.35. The Morgan fingerprint density at radius 2 is 1.84 bits per heavy atom. The molecule has 2 saturated heterocycles. The fourth-order valence-electron chi connectivity index (χ4n) is 3.23. The van der Waals surface area contributed by atoms with Crippen molar-refractivity contribution < 1.29 is 9.53 Å². The molecule has 8 heteroatoms. The number of benzene rings is 1. The van der Waals surface area contributed by atoms with Crippen molar-refractivity contribution in [3.05, 3.63) is 34.9 Å². The van der Waals surface area contributed by atoms with E-state index in [9.17, 15) is 4.79 Å². The summed E-state index contributed by atoms with van der Waals surface area (Å²) in [7, 11) is 0. The summed E-state index contributed by atoms with van der Waals surface area (Å²) in [6.07, 6.45) is 0. The zero-order valence-electron chi connectivity index (χ0n) is 14.3. The molecule has 0 aromatic heterocycles.